The average molecular weight is 349 g/mol. The van der Waals surface area contributed by atoms with Crippen LogP contribution in [0.25, 0.3) is 0 Å². The SMILES string of the molecule is CN(CCCNC(=O)N1CCC2(CCOCC2)C1)c1ccccc1F. The van der Waals surface area contributed by atoms with Crippen molar-refractivity contribution in [3.8, 4) is 0 Å². The number of amides is 2. The van der Waals surface area contributed by atoms with Crippen LogP contribution in [0.4, 0.5) is 14.9 Å². The number of nitrogens with zero attached hydrogens (tertiary/aromatic N) is 2. The lowest BCUT2D eigenvalue weighted by Crippen LogP contribution is -2.41. The summed E-state index contributed by atoms with van der Waals surface area (Å²) in [6.07, 6.45) is 3.98. The quantitative estimate of drug-likeness (QED) is 0.832. The summed E-state index contributed by atoms with van der Waals surface area (Å²) in [6.45, 7) is 4.61. The van der Waals surface area contributed by atoms with Crippen molar-refractivity contribution < 1.29 is 13.9 Å². The van der Waals surface area contributed by atoms with Crippen LogP contribution < -0.4 is 10.2 Å². The Labute approximate surface area is 149 Å². The molecule has 1 aromatic carbocycles. The van der Waals surface area contributed by atoms with E-state index in [1.807, 2.05) is 22.9 Å². The highest BCUT2D eigenvalue weighted by atomic mass is 19.1. The van der Waals surface area contributed by atoms with Gasteiger partial charge in [0, 0.05) is 46.4 Å². The number of nitrogens with one attached hydrogen (secondary N) is 1. The molecular weight excluding hydrogens is 321 g/mol. The Morgan fingerprint density at radius 1 is 1.32 bits per heavy atom. The van der Waals surface area contributed by atoms with Crippen molar-refractivity contribution in [2.24, 2.45) is 5.41 Å². The maximum Gasteiger partial charge on any atom is 0.317 e. The van der Waals surface area contributed by atoms with Gasteiger partial charge in [-0.3, -0.25) is 0 Å². The lowest BCUT2D eigenvalue weighted by Gasteiger charge is -2.33. The van der Waals surface area contributed by atoms with E-state index in [9.17, 15) is 9.18 Å². The van der Waals surface area contributed by atoms with Gasteiger partial charge in [0.05, 0.1) is 5.69 Å². The molecule has 0 aromatic heterocycles. The van der Waals surface area contributed by atoms with Gasteiger partial charge in [-0.25, -0.2) is 9.18 Å². The average Bonchev–Trinajstić information content (AvgIpc) is 3.03. The Bertz CT molecular complexity index is 590. The van der Waals surface area contributed by atoms with Gasteiger partial charge >= 0.3 is 6.03 Å². The van der Waals surface area contributed by atoms with Crippen molar-refractivity contribution in [3.05, 3.63) is 30.1 Å². The fourth-order valence-electron chi connectivity index (χ4n) is 3.83. The van der Waals surface area contributed by atoms with Gasteiger partial charge in [-0.05, 0) is 43.2 Å². The normalized spacial score (nSPS) is 19.2. The number of para-hydroxylation sites is 1. The van der Waals surface area contributed by atoms with Crippen LogP contribution in [0.15, 0.2) is 24.3 Å². The second kappa shape index (κ2) is 8.04. The third kappa shape index (κ3) is 4.42. The van der Waals surface area contributed by atoms with Crippen molar-refractivity contribution in [2.45, 2.75) is 25.7 Å². The highest BCUT2D eigenvalue weighted by Crippen LogP contribution is 2.39. The maximum atomic E-state index is 13.7. The van der Waals surface area contributed by atoms with E-state index in [4.69, 9.17) is 4.74 Å². The molecule has 6 heteroatoms. The molecule has 1 aromatic rings. The van der Waals surface area contributed by atoms with Crippen molar-refractivity contribution >= 4 is 11.7 Å². The highest BCUT2D eigenvalue weighted by molar-refractivity contribution is 5.74. The molecule has 2 aliphatic heterocycles. The molecule has 3 rings (SSSR count). The predicted molar refractivity (Wildman–Crippen MR) is 96.4 cm³/mol. The number of halogens is 1. The fourth-order valence-corrected chi connectivity index (χ4v) is 3.83. The summed E-state index contributed by atoms with van der Waals surface area (Å²) < 4.78 is 19.2. The fraction of sp³-hybridized carbons (Fsp3) is 0.632. The number of urea groups is 1. The van der Waals surface area contributed by atoms with Crippen LogP contribution in [-0.4, -0.2) is 57.4 Å². The lowest BCUT2D eigenvalue weighted by atomic mass is 9.80. The topological polar surface area (TPSA) is 44.8 Å². The van der Waals surface area contributed by atoms with Gasteiger partial charge in [0.2, 0.25) is 0 Å². The van der Waals surface area contributed by atoms with Crippen LogP contribution in [0.5, 0.6) is 0 Å². The number of rotatable bonds is 5. The summed E-state index contributed by atoms with van der Waals surface area (Å²) in [6, 6.07) is 6.78. The number of hydrogen-bond acceptors (Lipinski definition) is 3. The van der Waals surface area contributed by atoms with E-state index in [1.54, 1.807) is 12.1 Å². The Morgan fingerprint density at radius 2 is 2.08 bits per heavy atom. The minimum atomic E-state index is -0.215. The number of likely N-dealkylation sites (tertiary alicyclic amines) is 1. The van der Waals surface area contributed by atoms with Crippen molar-refractivity contribution in [2.75, 3.05) is 51.3 Å². The molecule has 1 N–H and O–H groups in total. The molecule has 2 aliphatic rings. The Hall–Kier alpha value is -1.82. The Morgan fingerprint density at radius 3 is 2.84 bits per heavy atom. The molecule has 2 amide bonds. The van der Waals surface area contributed by atoms with E-state index in [-0.39, 0.29) is 17.3 Å². The van der Waals surface area contributed by atoms with Gasteiger partial charge in [-0.1, -0.05) is 12.1 Å². The molecule has 138 valence electrons. The third-order valence-electron chi connectivity index (χ3n) is 5.49. The summed E-state index contributed by atoms with van der Waals surface area (Å²) in [5, 5.41) is 3.00. The second-order valence-corrected chi connectivity index (χ2v) is 7.24. The third-order valence-corrected chi connectivity index (χ3v) is 5.49. The molecule has 1 spiro atoms. The molecule has 0 atom stereocenters. The van der Waals surface area contributed by atoms with Gasteiger partial charge in [0.15, 0.2) is 0 Å². The first-order valence-electron chi connectivity index (χ1n) is 9.16. The smallest absolute Gasteiger partial charge is 0.317 e. The molecule has 2 fully saturated rings. The summed E-state index contributed by atoms with van der Waals surface area (Å²) in [7, 11) is 1.87. The molecule has 0 radical (unpaired) electrons. The minimum Gasteiger partial charge on any atom is -0.381 e. The number of carbonyl (C=O) groups excluding carboxylic acids is 1. The second-order valence-electron chi connectivity index (χ2n) is 7.24. The maximum absolute atomic E-state index is 13.7. The van der Waals surface area contributed by atoms with Gasteiger partial charge in [0.1, 0.15) is 5.82 Å². The molecule has 2 saturated heterocycles. The van der Waals surface area contributed by atoms with E-state index in [1.165, 1.54) is 6.07 Å². The Kier molecular flexibility index (Phi) is 5.78. The monoisotopic (exact) mass is 349 g/mol. The number of ether oxygens (including phenoxy) is 1. The van der Waals surface area contributed by atoms with E-state index in [0.717, 1.165) is 52.0 Å². The van der Waals surface area contributed by atoms with Crippen molar-refractivity contribution in [1.29, 1.82) is 0 Å². The van der Waals surface area contributed by atoms with Crippen molar-refractivity contribution in [3.63, 3.8) is 0 Å². The summed E-state index contributed by atoms with van der Waals surface area (Å²) >= 11 is 0. The molecule has 25 heavy (non-hydrogen) atoms. The lowest BCUT2D eigenvalue weighted by molar-refractivity contribution is 0.0209. The van der Waals surface area contributed by atoms with E-state index in [2.05, 4.69) is 5.32 Å². The van der Waals surface area contributed by atoms with Gasteiger partial charge in [-0.15, -0.1) is 0 Å². The van der Waals surface area contributed by atoms with Crippen molar-refractivity contribution in [1.82, 2.24) is 10.2 Å². The largest absolute Gasteiger partial charge is 0.381 e. The number of benzene rings is 1. The van der Waals surface area contributed by atoms with Gasteiger partial charge in [-0.2, -0.15) is 0 Å². The molecule has 0 bridgehead atoms. The first-order chi connectivity index (χ1) is 12.1. The summed E-state index contributed by atoms with van der Waals surface area (Å²) in [5.74, 6) is -0.215. The first kappa shape index (κ1) is 18.0. The van der Waals surface area contributed by atoms with E-state index in [0.29, 0.717) is 18.8 Å². The summed E-state index contributed by atoms with van der Waals surface area (Å²) in [5.41, 5.74) is 0.871. The summed E-state index contributed by atoms with van der Waals surface area (Å²) in [4.78, 5) is 16.2. The van der Waals surface area contributed by atoms with Crippen LogP contribution >= 0.6 is 0 Å². The predicted octanol–water partition coefficient (Wildman–Crippen LogP) is 2.86. The van der Waals surface area contributed by atoms with Gasteiger partial charge < -0.3 is 19.9 Å². The molecule has 5 nitrogen and oxygen atoms in total. The first-order valence-corrected chi connectivity index (χ1v) is 9.16. The minimum absolute atomic E-state index is 0.0249. The van der Waals surface area contributed by atoms with E-state index >= 15 is 0 Å². The van der Waals surface area contributed by atoms with Crippen LogP contribution in [-0.2, 0) is 4.74 Å². The molecular formula is C19H28FN3O2. The number of hydrogen-bond donors (Lipinski definition) is 1. The zero-order valence-electron chi connectivity index (χ0n) is 15.0. The Balaban J connectivity index is 1.38. The van der Waals surface area contributed by atoms with Crippen LogP contribution in [0.2, 0.25) is 0 Å². The highest BCUT2D eigenvalue weighted by Gasteiger charge is 2.40. The number of carbonyl (C=O) groups is 1. The van der Waals surface area contributed by atoms with E-state index < -0.39 is 0 Å². The standard InChI is InChI=1S/C19H28FN3O2/c1-22(17-6-3-2-5-16(17)20)11-4-10-21-18(24)23-12-7-19(15-23)8-13-25-14-9-19/h2-3,5-6H,4,7-15H2,1H3,(H,21,24). The van der Waals surface area contributed by atoms with Crippen LogP contribution in [0.3, 0.4) is 0 Å². The number of anilines is 1. The van der Waals surface area contributed by atoms with Crippen LogP contribution in [0.1, 0.15) is 25.7 Å². The molecule has 2 heterocycles. The molecule has 0 aliphatic carbocycles. The zero-order valence-corrected chi connectivity index (χ0v) is 15.0. The molecule has 0 saturated carbocycles. The van der Waals surface area contributed by atoms with Crippen LogP contribution in [0, 0.1) is 11.2 Å². The molecule has 0 unspecified atom stereocenters. The zero-order chi connectivity index (χ0) is 17.7. The van der Waals surface area contributed by atoms with Gasteiger partial charge in [0.25, 0.3) is 0 Å².